The molecule has 0 heterocycles. The van der Waals surface area contributed by atoms with E-state index in [0.29, 0.717) is 6.42 Å². The SMILES string of the molecule is CCC[C@](NC(C)=O)(C(=O)OC)[C@](C)(O)C(=O)OC. The molecule has 0 unspecified atom stereocenters. The topological polar surface area (TPSA) is 102 Å². The Bertz CT molecular complexity index is 365. The molecule has 19 heavy (non-hydrogen) atoms. The molecule has 0 aromatic carbocycles. The van der Waals surface area contributed by atoms with Gasteiger partial charge < -0.3 is 19.9 Å². The van der Waals surface area contributed by atoms with Crippen molar-refractivity contribution in [2.45, 2.75) is 44.8 Å². The molecule has 0 saturated carbocycles. The second-order valence-electron chi connectivity index (χ2n) is 4.39. The normalized spacial score (nSPS) is 16.7. The predicted octanol–water partition coefficient (Wildman–Crippen LogP) is -0.242. The summed E-state index contributed by atoms with van der Waals surface area (Å²) in [6, 6.07) is 0. The Morgan fingerprint density at radius 2 is 1.63 bits per heavy atom. The molecule has 7 nitrogen and oxygen atoms in total. The highest BCUT2D eigenvalue weighted by atomic mass is 16.5. The van der Waals surface area contributed by atoms with Crippen LogP contribution in [0.1, 0.15) is 33.6 Å². The van der Waals surface area contributed by atoms with E-state index in [1.54, 1.807) is 6.92 Å². The van der Waals surface area contributed by atoms with Crippen molar-refractivity contribution in [2.75, 3.05) is 14.2 Å². The number of carbonyl (C=O) groups excluding carboxylic acids is 3. The van der Waals surface area contributed by atoms with E-state index in [0.717, 1.165) is 21.1 Å². The van der Waals surface area contributed by atoms with Crippen molar-refractivity contribution in [3.05, 3.63) is 0 Å². The molecule has 110 valence electrons. The lowest BCUT2D eigenvalue weighted by Crippen LogP contribution is -2.70. The molecular weight excluding hydrogens is 254 g/mol. The monoisotopic (exact) mass is 275 g/mol. The molecular formula is C12H21NO6. The zero-order valence-corrected chi connectivity index (χ0v) is 11.9. The zero-order valence-electron chi connectivity index (χ0n) is 11.9. The first kappa shape index (κ1) is 17.4. The van der Waals surface area contributed by atoms with Gasteiger partial charge in [-0.3, -0.25) is 4.79 Å². The first-order chi connectivity index (χ1) is 8.69. The summed E-state index contributed by atoms with van der Waals surface area (Å²) in [5.41, 5.74) is -4.12. The van der Waals surface area contributed by atoms with Gasteiger partial charge in [0.1, 0.15) is 0 Å². The van der Waals surface area contributed by atoms with Crippen LogP contribution in [0.5, 0.6) is 0 Å². The van der Waals surface area contributed by atoms with Crippen molar-refractivity contribution >= 4 is 17.8 Å². The van der Waals surface area contributed by atoms with Crippen molar-refractivity contribution in [2.24, 2.45) is 0 Å². The van der Waals surface area contributed by atoms with Crippen LogP contribution in [0.25, 0.3) is 0 Å². The lowest BCUT2D eigenvalue weighted by molar-refractivity contribution is -0.183. The Labute approximate surface area is 112 Å². The molecule has 7 heteroatoms. The molecule has 0 aromatic heterocycles. The highest BCUT2D eigenvalue weighted by molar-refractivity contribution is 5.96. The molecule has 0 bridgehead atoms. The first-order valence-electron chi connectivity index (χ1n) is 5.87. The highest BCUT2D eigenvalue weighted by Crippen LogP contribution is 2.30. The maximum atomic E-state index is 12.0. The van der Waals surface area contributed by atoms with Gasteiger partial charge in [-0.1, -0.05) is 13.3 Å². The third-order valence-electron chi connectivity index (χ3n) is 2.96. The van der Waals surface area contributed by atoms with E-state index in [-0.39, 0.29) is 6.42 Å². The number of methoxy groups -OCH3 is 2. The molecule has 0 saturated heterocycles. The second kappa shape index (κ2) is 6.51. The average Bonchev–Trinajstić information content (AvgIpc) is 2.35. The number of nitrogens with one attached hydrogen (secondary N) is 1. The van der Waals surface area contributed by atoms with Crippen LogP contribution in [-0.2, 0) is 23.9 Å². The number of aliphatic hydroxyl groups is 1. The summed E-state index contributed by atoms with van der Waals surface area (Å²) >= 11 is 0. The fourth-order valence-corrected chi connectivity index (χ4v) is 2.00. The van der Waals surface area contributed by atoms with Gasteiger partial charge in [0.05, 0.1) is 14.2 Å². The molecule has 0 aliphatic heterocycles. The van der Waals surface area contributed by atoms with E-state index in [1.807, 2.05) is 0 Å². The van der Waals surface area contributed by atoms with Gasteiger partial charge in [-0.15, -0.1) is 0 Å². The molecule has 2 N–H and O–H groups in total. The average molecular weight is 275 g/mol. The van der Waals surface area contributed by atoms with Crippen LogP contribution in [0.2, 0.25) is 0 Å². The summed E-state index contributed by atoms with van der Waals surface area (Å²) in [6.45, 7) is 4.04. The molecule has 0 radical (unpaired) electrons. The largest absolute Gasteiger partial charge is 0.467 e. The number of hydrogen-bond donors (Lipinski definition) is 2. The smallest absolute Gasteiger partial charge is 0.340 e. The van der Waals surface area contributed by atoms with E-state index < -0.39 is 29.0 Å². The predicted molar refractivity (Wildman–Crippen MR) is 66.1 cm³/mol. The Balaban J connectivity index is 5.87. The summed E-state index contributed by atoms with van der Waals surface area (Å²) in [6.07, 6.45) is 0.462. The Morgan fingerprint density at radius 1 is 1.16 bits per heavy atom. The number of esters is 2. The molecule has 1 amide bonds. The van der Waals surface area contributed by atoms with E-state index in [4.69, 9.17) is 0 Å². The number of ether oxygens (including phenoxy) is 2. The molecule has 0 aliphatic carbocycles. The number of carbonyl (C=O) groups is 3. The van der Waals surface area contributed by atoms with Crippen molar-refractivity contribution < 1.29 is 29.0 Å². The van der Waals surface area contributed by atoms with E-state index in [9.17, 15) is 19.5 Å². The van der Waals surface area contributed by atoms with Gasteiger partial charge in [0.2, 0.25) is 5.91 Å². The molecule has 0 fully saturated rings. The van der Waals surface area contributed by atoms with Crippen molar-refractivity contribution in [3.63, 3.8) is 0 Å². The molecule has 0 rings (SSSR count). The van der Waals surface area contributed by atoms with Crippen LogP contribution in [0.15, 0.2) is 0 Å². The third-order valence-corrected chi connectivity index (χ3v) is 2.96. The minimum absolute atomic E-state index is 0.0291. The molecule has 0 spiro atoms. The van der Waals surface area contributed by atoms with Gasteiger partial charge in [0, 0.05) is 6.92 Å². The zero-order chi connectivity index (χ0) is 15.3. The summed E-state index contributed by atoms with van der Waals surface area (Å²) in [5, 5.41) is 12.7. The first-order valence-corrected chi connectivity index (χ1v) is 5.87. The fourth-order valence-electron chi connectivity index (χ4n) is 2.00. The van der Waals surface area contributed by atoms with Crippen LogP contribution in [-0.4, -0.2) is 48.3 Å². The Hall–Kier alpha value is -1.63. The van der Waals surface area contributed by atoms with Crippen LogP contribution in [0.4, 0.5) is 0 Å². The van der Waals surface area contributed by atoms with E-state index in [1.165, 1.54) is 6.92 Å². The number of hydrogen-bond acceptors (Lipinski definition) is 6. The maximum Gasteiger partial charge on any atom is 0.340 e. The van der Waals surface area contributed by atoms with Crippen molar-refractivity contribution in [1.29, 1.82) is 0 Å². The minimum atomic E-state index is -2.24. The number of amides is 1. The summed E-state index contributed by atoms with van der Waals surface area (Å²) in [5.74, 6) is -2.50. The van der Waals surface area contributed by atoms with E-state index in [2.05, 4.69) is 14.8 Å². The van der Waals surface area contributed by atoms with Crippen molar-refractivity contribution in [3.8, 4) is 0 Å². The molecule has 2 atom stereocenters. The molecule has 0 aromatic rings. The standard InChI is InChI=1S/C12H21NO6/c1-6-7-12(10(16)19-5,13-8(2)14)11(3,17)9(15)18-4/h17H,6-7H2,1-5H3,(H,13,14)/t11-,12+/m1/s1. The van der Waals surface area contributed by atoms with Crippen LogP contribution in [0.3, 0.4) is 0 Å². The minimum Gasteiger partial charge on any atom is -0.467 e. The summed E-state index contributed by atoms with van der Waals surface area (Å²) in [7, 11) is 2.19. The highest BCUT2D eigenvalue weighted by Gasteiger charge is 2.59. The molecule has 0 aliphatic rings. The van der Waals surface area contributed by atoms with Gasteiger partial charge in [-0.25, -0.2) is 9.59 Å². The lowest BCUT2D eigenvalue weighted by Gasteiger charge is -2.40. The Kier molecular flexibility index (Phi) is 5.95. The fraction of sp³-hybridized carbons (Fsp3) is 0.750. The van der Waals surface area contributed by atoms with Gasteiger partial charge in [-0.2, -0.15) is 0 Å². The quantitative estimate of drug-likeness (QED) is 0.649. The Morgan fingerprint density at radius 3 is 1.95 bits per heavy atom. The number of rotatable bonds is 6. The lowest BCUT2D eigenvalue weighted by atomic mass is 9.77. The second-order valence-corrected chi connectivity index (χ2v) is 4.39. The van der Waals surface area contributed by atoms with Gasteiger partial charge >= 0.3 is 11.9 Å². The maximum absolute atomic E-state index is 12.0. The van der Waals surface area contributed by atoms with Crippen LogP contribution >= 0.6 is 0 Å². The van der Waals surface area contributed by atoms with Gasteiger partial charge in [0.15, 0.2) is 11.1 Å². The van der Waals surface area contributed by atoms with E-state index >= 15 is 0 Å². The van der Waals surface area contributed by atoms with Crippen LogP contribution < -0.4 is 5.32 Å². The third kappa shape index (κ3) is 3.23. The van der Waals surface area contributed by atoms with Gasteiger partial charge in [0.25, 0.3) is 0 Å². The summed E-state index contributed by atoms with van der Waals surface area (Å²) in [4.78, 5) is 35.1. The van der Waals surface area contributed by atoms with Crippen LogP contribution in [0, 0.1) is 0 Å². The summed E-state index contributed by atoms with van der Waals surface area (Å²) < 4.78 is 9.12. The van der Waals surface area contributed by atoms with Gasteiger partial charge in [-0.05, 0) is 13.3 Å². The van der Waals surface area contributed by atoms with Crippen molar-refractivity contribution in [1.82, 2.24) is 5.32 Å².